The van der Waals surface area contributed by atoms with E-state index >= 15 is 0 Å². The van der Waals surface area contributed by atoms with Crippen LogP contribution in [-0.2, 0) is 26.2 Å². The van der Waals surface area contributed by atoms with Crippen LogP contribution in [0.1, 0.15) is 0 Å². The zero-order valence-corrected chi connectivity index (χ0v) is 15.3. The van der Waals surface area contributed by atoms with Crippen LogP contribution in [0.4, 0.5) is 0 Å². The standard InChI is InChI=1S/C7H3Cl2S.C5H5.2ClH.Zr/c8-6-4-2-1-3-5(4)7(9)10-6;1-2-4-5-3-1;;;/h1-2,6H;1-5H;2*1H;/q2*-1;;;+4/p-2. The number of fused-ring (bicyclic) bond motifs is 1. The van der Waals surface area contributed by atoms with E-state index < -0.39 is 0 Å². The number of halogens is 4. The summed E-state index contributed by atoms with van der Waals surface area (Å²) in [7, 11) is 0. The molecule has 0 fully saturated rings. The first-order chi connectivity index (χ1) is 7.29. The SMILES string of the molecule is ClC1=C2[C-]=CC=C2C(Cl)S1.[Cl-].[Cl-].[Zr+4].c1cc[cH-]c1. The summed E-state index contributed by atoms with van der Waals surface area (Å²) < 4.78 is 0.758. The number of rotatable bonds is 0. The Bertz CT molecular complexity index is 406. The van der Waals surface area contributed by atoms with Gasteiger partial charge in [-0.15, -0.1) is 40.4 Å². The van der Waals surface area contributed by atoms with Gasteiger partial charge in [0.05, 0.1) is 4.71 Å². The summed E-state index contributed by atoms with van der Waals surface area (Å²) in [6, 6.07) is 10.0. The number of hydrogen-bond acceptors (Lipinski definition) is 1. The summed E-state index contributed by atoms with van der Waals surface area (Å²) in [5.41, 5.74) is 2.07. The van der Waals surface area contributed by atoms with Crippen molar-refractivity contribution < 1.29 is 51.0 Å². The smallest absolute Gasteiger partial charge is 1.00 e. The van der Waals surface area contributed by atoms with E-state index in [2.05, 4.69) is 6.08 Å². The summed E-state index contributed by atoms with van der Waals surface area (Å²) in [4.78, 5) is 0. The molecule has 1 heterocycles. The van der Waals surface area contributed by atoms with Crippen LogP contribution in [0.3, 0.4) is 0 Å². The van der Waals surface area contributed by atoms with Crippen LogP contribution >= 0.6 is 35.0 Å². The molecule has 0 N–H and O–H groups in total. The van der Waals surface area contributed by atoms with Crippen LogP contribution in [0.2, 0.25) is 0 Å². The zero-order valence-electron chi connectivity index (χ0n) is 9.04. The molecule has 94 valence electrons. The fraction of sp³-hybridized carbons (Fsp3) is 0.0833. The fourth-order valence-electron chi connectivity index (χ4n) is 1.27. The second-order valence-electron chi connectivity index (χ2n) is 2.98. The Morgan fingerprint density at radius 2 is 1.83 bits per heavy atom. The normalized spacial score (nSPS) is 18.6. The first-order valence-corrected chi connectivity index (χ1v) is 6.16. The summed E-state index contributed by atoms with van der Waals surface area (Å²) in [6.07, 6.45) is 6.83. The minimum Gasteiger partial charge on any atom is -1.00 e. The molecule has 0 saturated heterocycles. The second-order valence-corrected chi connectivity index (χ2v) is 5.39. The molecule has 2 aliphatic rings. The number of alkyl halides is 1. The van der Waals surface area contributed by atoms with Crippen molar-refractivity contribution in [3.05, 3.63) is 64.1 Å². The molecule has 6 heteroatoms. The Morgan fingerprint density at radius 1 is 1.22 bits per heavy atom. The molecule has 0 nitrogen and oxygen atoms in total. The Kier molecular flexibility index (Phi) is 12.7. The van der Waals surface area contributed by atoms with Gasteiger partial charge in [0.25, 0.3) is 0 Å². The predicted molar refractivity (Wildman–Crippen MR) is 68.0 cm³/mol. The molecule has 0 radical (unpaired) electrons. The first-order valence-electron chi connectivity index (χ1n) is 4.46. The van der Waals surface area contributed by atoms with Crippen molar-refractivity contribution in [1.29, 1.82) is 0 Å². The van der Waals surface area contributed by atoms with Crippen molar-refractivity contribution in [1.82, 2.24) is 0 Å². The van der Waals surface area contributed by atoms with Crippen LogP contribution in [0.25, 0.3) is 0 Å². The van der Waals surface area contributed by atoms with Gasteiger partial charge in [0, 0.05) is 0 Å². The molecule has 1 aliphatic heterocycles. The number of allylic oxidation sites excluding steroid dienone is 4. The van der Waals surface area contributed by atoms with E-state index in [0.717, 1.165) is 15.5 Å². The van der Waals surface area contributed by atoms with Crippen molar-refractivity contribution in [2.45, 2.75) is 4.71 Å². The van der Waals surface area contributed by atoms with Crippen molar-refractivity contribution in [2.24, 2.45) is 0 Å². The van der Waals surface area contributed by atoms with E-state index in [4.69, 9.17) is 23.2 Å². The van der Waals surface area contributed by atoms with E-state index in [-0.39, 0.29) is 55.7 Å². The van der Waals surface area contributed by atoms with E-state index in [1.165, 1.54) is 11.8 Å². The van der Waals surface area contributed by atoms with Crippen LogP contribution in [-0.4, -0.2) is 4.71 Å². The molecule has 0 saturated carbocycles. The maximum atomic E-state index is 5.92. The van der Waals surface area contributed by atoms with Crippen molar-refractivity contribution in [3.63, 3.8) is 0 Å². The van der Waals surface area contributed by atoms with Gasteiger partial charge >= 0.3 is 26.2 Å². The Morgan fingerprint density at radius 3 is 2.28 bits per heavy atom. The van der Waals surface area contributed by atoms with Gasteiger partial charge in [0.15, 0.2) is 0 Å². The van der Waals surface area contributed by atoms with E-state index in [9.17, 15) is 0 Å². The summed E-state index contributed by atoms with van der Waals surface area (Å²) in [5, 5.41) is 0. The molecule has 0 amide bonds. The molecule has 0 aromatic heterocycles. The molecule has 1 aromatic carbocycles. The van der Waals surface area contributed by atoms with Crippen molar-refractivity contribution in [3.8, 4) is 0 Å². The van der Waals surface area contributed by atoms with Gasteiger partial charge in [0.2, 0.25) is 0 Å². The quantitative estimate of drug-likeness (QED) is 0.365. The molecule has 1 aromatic rings. The third-order valence-corrected chi connectivity index (χ3v) is 3.81. The van der Waals surface area contributed by atoms with Gasteiger partial charge in [-0.05, 0) is 4.36 Å². The average molecular weight is 417 g/mol. The van der Waals surface area contributed by atoms with E-state index in [1.54, 1.807) is 0 Å². The van der Waals surface area contributed by atoms with E-state index in [0.29, 0.717) is 0 Å². The first kappa shape index (κ1) is 21.3. The molecular formula is C12H8Cl4SZr. The minimum atomic E-state index is -0.00579. The average Bonchev–Trinajstić information content (AvgIpc) is 2.93. The maximum Gasteiger partial charge on any atom is 4.00 e. The van der Waals surface area contributed by atoms with Crippen molar-refractivity contribution >= 4 is 35.0 Å². The zero-order chi connectivity index (χ0) is 10.7. The van der Waals surface area contributed by atoms with Crippen molar-refractivity contribution in [2.75, 3.05) is 0 Å². The van der Waals surface area contributed by atoms with Crippen LogP contribution in [0.5, 0.6) is 0 Å². The summed E-state index contributed by atoms with van der Waals surface area (Å²) in [6.45, 7) is 0. The molecule has 1 unspecified atom stereocenters. The number of thioether (sulfide) groups is 1. The fourth-order valence-corrected chi connectivity index (χ4v) is 3.09. The van der Waals surface area contributed by atoms with Crippen LogP contribution in [0.15, 0.2) is 58.0 Å². The van der Waals surface area contributed by atoms with Gasteiger partial charge in [-0.3, -0.25) is 0 Å². The third kappa shape index (κ3) is 5.53. The van der Waals surface area contributed by atoms with Gasteiger partial charge in [-0.25, -0.2) is 12.1 Å². The molecule has 18 heavy (non-hydrogen) atoms. The largest absolute Gasteiger partial charge is 4.00 e. The van der Waals surface area contributed by atoms with E-state index in [1.807, 2.05) is 42.5 Å². The van der Waals surface area contributed by atoms with Gasteiger partial charge in [-0.2, -0.15) is 42.1 Å². The molecular weight excluding hydrogens is 409 g/mol. The molecule has 0 bridgehead atoms. The van der Waals surface area contributed by atoms with Gasteiger partial charge in [0.1, 0.15) is 0 Å². The Hall–Kier alpha value is 0.963. The molecule has 1 atom stereocenters. The summed E-state index contributed by atoms with van der Waals surface area (Å²) in [5.74, 6) is 0. The Balaban J connectivity index is 0. The third-order valence-electron chi connectivity index (χ3n) is 1.98. The minimum absolute atomic E-state index is 0. The van der Waals surface area contributed by atoms with Gasteiger partial charge in [-0.1, -0.05) is 0 Å². The summed E-state index contributed by atoms with van der Waals surface area (Å²) >= 11 is 13.2. The molecule has 1 aliphatic carbocycles. The molecule has 0 spiro atoms. The van der Waals surface area contributed by atoms with Crippen LogP contribution < -0.4 is 24.8 Å². The van der Waals surface area contributed by atoms with Crippen LogP contribution in [0, 0.1) is 6.08 Å². The monoisotopic (exact) mass is 414 g/mol. The predicted octanol–water partition coefficient (Wildman–Crippen LogP) is -1.54. The van der Waals surface area contributed by atoms with Gasteiger partial charge < -0.3 is 24.8 Å². The second kappa shape index (κ2) is 10.7. The topological polar surface area (TPSA) is 0 Å². The maximum absolute atomic E-state index is 5.92. The molecule has 3 rings (SSSR count). The Labute approximate surface area is 153 Å². The number of hydrogen-bond donors (Lipinski definition) is 0.